The molecule has 0 saturated heterocycles. The lowest BCUT2D eigenvalue weighted by Crippen LogP contribution is -2.51. The molecule has 0 aliphatic heterocycles. The van der Waals surface area contributed by atoms with E-state index < -0.39 is 54.3 Å². The van der Waals surface area contributed by atoms with E-state index in [0.717, 1.165) is 7.11 Å². The second-order valence-electron chi connectivity index (χ2n) is 4.93. The van der Waals surface area contributed by atoms with Gasteiger partial charge in [-0.3, -0.25) is 4.79 Å². The molecule has 3 atom stereocenters. The SMILES string of the molecule is [2H]C([2H])(N)C1(CC(=O)OC)C([2H])([2H])C([2H])([2H])C([2H])(C)C(C)(C)C1([2H])C. The minimum atomic E-state index is -3.12. The largest absolute Gasteiger partial charge is 0.469 e. The fourth-order valence-electron chi connectivity index (χ4n) is 1.93. The lowest BCUT2D eigenvalue weighted by atomic mass is 9.52. The lowest BCUT2D eigenvalue weighted by Gasteiger charge is -2.53. The molecule has 3 nitrogen and oxygen atoms in total. The van der Waals surface area contributed by atoms with Crippen molar-refractivity contribution in [1.29, 1.82) is 0 Å². The van der Waals surface area contributed by atoms with E-state index in [9.17, 15) is 4.79 Å². The normalized spacial score (nSPS) is 58.9. The summed E-state index contributed by atoms with van der Waals surface area (Å²) in [4.78, 5) is 12.0. The Labute approximate surface area is 116 Å². The Morgan fingerprint density at radius 3 is 2.71 bits per heavy atom. The van der Waals surface area contributed by atoms with Gasteiger partial charge in [-0.15, -0.1) is 0 Å². The summed E-state index contributed by atoms with van der Waals surface area (Å²) >= 11 is 0. The van der Waals surface area contributed by atoms with Gasteiger partial charge in [0, 0.05) is 11.0 Å². The highest BCUT2D eigenvalue weighted by Crippen LogP contribution is 2.54. The highest BCUT2D eigenvalue weighted by molar-refractivity contribution is 5.70. The molecule has 0 radical (unpaired) electrons. The van der Waals surface area contributed by atoms with Crippen molar-refractivity contribution in [3.63, 3.8) is 0 Å². The highest BCUT2D eigenvalue weighted by atomic mass is 16.5. The van der Waals surface area contributed by atoms with Gasteiger partial charge in [-0.2, -0.15) is 0 Å². The minimum absolute atomic E-state index is 0.932. The summed E-state index contributed by atoms with van der Waals surface area (Å²) in [5, 5.41) is 0. The number of rotatable bonds is 3. The molecule has 1 rings (SSSR count). The summed E-state index contributed by atoms with van der Waals surface area (Å²) in [6.07, 6.45) is -6.96. The van der Waals surface area contributed by atoms with Crippen molar-refractivity contribution >= 4 is 5.97 Å². The molecule has 0 aromatic heterocycles. The maximum atomic E-state index is 12.0. The smallest absolute Gasteiger partial charge is 0.306 e. The molecule has 17 heavy (non-hydrogen) atoms. The quantitative estimate of drug-likeness (QED) is 0.782. The first kappa shape index (κ1) is 6.55. The maximum absolute atomic E-state index is 12.0. The first-order chi connectivity index (χ1) is 10.7. The number of methoxy groups -OCH3 is 1. The van der Waals surface area contributed by atoms with Crippen molar-refractivity contribution in [2.45, 2.75) is 46.9 Å². The summed E-state index contributed by atoms with van der Waals surface area (Å²) in [5.74, 6) is -5.24. The Kier molecular flexibility index (Phi) is 1.92. The molecule has 3 heteroatoms. The van der Waals surface area contributed by atoms with Crippen LogP contribution in [0.25, 0.3) is 0 Å². The lowest BCUT2D eigenvalue weighted by molar-refractivity contribution is -0.147. The molecular formula is C14H27NO2. The predicted octanol–water partition coefficient (Wildman–Crippen LogP) is 2.59. The Bertz CT molecular complexity index is 536. The van der Waals surface area contributed by atoms with Gasteiger partial charge in [0.15, 0.2) is 0 Å². The maximum Gasteiger partial charge on any atom is 0.306 e. The van der Waals surface area contributed by atoms with Gasteiger partial charge in [0.2, 0.25) is 0 Å². The molecule has 0 amide bonds. The van der Waals surface area contributed by atoms with E-state index in [1.807, 2.05) is 0 Å². The molecule has 0 aromatic rings. The van der Waals surface area contributed by atoms with E-state index in [2.05, 4.69) is 4.74 Å². The third-order valence-electron chi connectivity index (χ3n) is 3.86. The van der Waals surface area contributed by atoms with Crippen molar-refractivity contribution in [1.82, 2.24) is 0 Å². The van der Waals surface area contributed by atoms with Crippen LogP contribution in [0.15, 0.2) is 0 Å². The second-order valence-corrected chi connectivity index (χ2v) is 4.93. The fourth-order valence-corrected chi connectivity index (χ4v) is 1.93. The average Bonchev–Trinajstić information content (AvgIpc) is 2.40. The number of esters is 1. The summed E-state index contributed by atoms with van der Waals surface area (Å²) in [5.41, 5.74) is 1.49. The molecule has 2 N–H and O–H groups in total. The van der Waals surface area contributed by atoms with Crippen molar-refractivity contribution in [2.75, 3.05) is 13.6 Å². The van der Waals surface area contributed by atoms with Gasteiger partial charge in [0.1, 0.15) is 0 Å². The molecule has 0 bridgehead atoms. The fraction of sp³-hybridized carbons (Fsp3) is 0.929. The Morgan fingerprint density at radius 2 is 2.24 bits per heavy atom. The molecule has 0 heterocycles. The van der Waals surface area contributed by atoms with Crippen LogP contribution >= 0.6 is 0 Å². The molecule has 1 aliphatic rings. The molecular weight excluding hydrogens is 214 g/mol. The third kappa shape index (κ3) is 2.49. The van der Waals surface area contributed by atoms with Gasteiger partial charge >= 0.3 is 5.97 Å². The van der Waals surface area contributed by atoms with Crippen molar-refractivity contribution in [3.8, 4) is 0 Å². The van der Waals surface area contributed by atoms with Crippen LogP contribution in [-0.2, 0) is 9.53 Å². The first-order valence-electron chi connectivity index (χ1n) is 9.56. The molecule has 0 spiro atoms. The van der Waals surface area contributed by atoms with Gasteiger partial charge < -0.3 is 10.5 Å². The molecule has 0 aromatic carbocycles. The van der Waals surface area contributed by atoms with E-state index in [0.29, 0.717) is 0 Å². The topological polar surface area (TPSA) is 52.3 Å². The Balaban J connectivity index is 4.06. The van der Waals surface area contributed by atoms with Crippen LogP contribution in [0, 0.1) is 22.6 Å². The molecule has 3 unspecified atom stereocenters. The predicted molar refractivity (Wildman–Crippen MR) is 69.5 cm³/mol. The molecule has 1 fully saturated rings. The standard InChI is InChI=1S/C14H27NO2/c1-10-6-7-14(9-15,8-12(16)17-5)11(2)13(10,3)4/h10-11H,6-9,15H2,1-5H3/i6D2,7D2,9D2,10D,11D. The van der Waals surface area contributed by atoms with Crippen LogP contribution in [-0.4, -0.2) is 19.6 Å². The second kappa shape index (κ2) is 4.97. The van der Waals surface area contributed by atoms with Gasteiger partial charge in [-0.1, -0.05) is 27.7 Å². The summed E-state index contributed by atoms with van der Waals surface area (Å²) in [6, 6.07) is 0. The number of carbonyl (C=O) groups is 1. The number of hydrogen-bond donors (Lipinski definition) is 1. The van der Waals surface area contributed by atoms with Crippen molar-refractivity contribution in [3.05, 3.63) is 0 Å². The molecule has 1 aliphatic carbocycles. The number of hydrogen-bond acceptors (Lipinski definition) is 3. The number of carbonyl (C=O) groups excluding carboxylic acids is 1. The molecule has 1 saturated carbocycles. The highest BCUT2D eigenvalue weighted by Gasteiger charge is 2.50. The Morgan fingerprint density at radius 1 is 1.65 bits per heavy atom. The van der Waals surface area contributed by atoms with E-state index in [1.165, 1.54) is 27.7 Å². The van der Waals surface area contributed by atoms with Crippen LogP contribution < -0.4 is 5.73 Å². The monoisotopic (exact) mass is 249 g/mol. The van der Waals surface area contributed by atoms with Gasteiger partial charge in [0.25, 0.3) is 0 Å². The van der Waals surface area contributed by atoms with Crippen LogP contribution in [0.4, 0.5) is 0 Å². The third-order valence-corrected chi connectivity index (χ3v) is 3.86. The van der Waals surface area contributed by atoms with Gasteiger partial charge in [-0.25, -0.2) is 0 Å². The number of ether oxygens (including phenoxy) is 1. The zero-order valence-corrected chi connectivity index (χ0v) is 11.1. The summed E-state index contributed by atoms with van der Waals surface area (Å²) < 4.78 is 71.8. The van der Waals surface area contributed by atoms with Crippen molar-refractivity contribution in [2.24, 2.45) is 28.4 Å². The minimum Gasteiger partial charge on any atom is -0.469 e. The van der Waals surface area contributed by atoms with Crippen molar-refractivity contribution < 1.29 is 20.5 Å². The first-order valence-corrected chi connectivity index (χ1v) is 5.56. The number of nitrogens with two attached hydrogens (primary N) is 1. The molecule has 100 valence electrons. The van der Waals surface area contributed by atoms with Crippen LogP contribution in [0.5, 0.6) is 0 Å². The zero-order valence-electron chi connectivity index (χ0n) is 19.1. The Hall–Kier alpha value is -0.570. The van der Waals surface area contributed by atoms with E-state index >= 15 is 0 Å². The summed E-state index contributed by atoms with van der Waals surface area (Å²) in [7, 11) is 1.04. The van der Waals surface area contributed by atoms with Crippen LogP contribution in [0.1, 0.15) is 57.8 Å². The van der Waals surface area contributed by atoms with E-state index in [-0.39, 0.29) is 0 Å². The van der Waals surface area contributed by atoms with Crippen LogP contribution in [0.3, 0.4) is 0 Å². The zero-order chi connectivity index (χ0) is 20.5. The van der Waals surface area contributed by atoms with Crippen LogP contribution in [0.2, 0.25) is 0 Å². The van der Waals surface area contributed by atoms with E-state index in [1.54, 1.807) is 0 Å². The summed E-state index contributed by atoms with van der Waals surface area (Å²) in [6.45, 7) is 2.25. The average molecular weight is 249 g/mol. The van der Waals surface area contributed by atoms with E-state index in [4.69, 9.17) is 16.7 Å². The van der Waals surface area contributed by atoms with Gasteiger partial charge in [-0.05, 0) is 41.9 Å². The van der Waals surface area contributed by atoms with Gasteiger partial charge in [0.05, 0.1) is 13.5 Å².